The zero-order valence-corrected chi connectivity index (χ0v) is 10.1. The first-order chi connectivity index (χ1) is 8.04. The zero-order chi connectivity index (χ0) is 12.8. The number of hydrogen-bond acceptors (Lipinski definition) is 4. The van der Waals surface area contributed by atoms with Crippen molar-refractivity contribution in [1.29, 1.82) is 0 Å². The molecule has 2 atom stereocenters. The van der Waals surface area contributed by atoms with Crippen LogP contribution in [0.4, 0.5) is 0 Å². The van der Waals surface area contributed by atoms with Gasteiger partial charge in [-0.3, -0.25) is 14.5 Å². The third-order valence-corrected chi connectivity index (χ3v) is 2.94. The molecule has 0 aromatic rings. The van der Waals surface area contributed by atoms with Crippen LogP contribution in [0.1, 0.15) is 26.2 Å². The van der Waals surface area contributed by atoms with Gasteiger partial charge in [0.05, 0.1) is 12.3 Å². The normalized spacial score (nSPS) is 23.2. The van der Waals surface area contributed by atoms with Crippen LogP contribution >= 0.6 is 0 Å². The number of amides is 1. The molecule has 6 heteroatoms. The summed E-state index contributed by atoms with van der Waals surface area (Å²) in [7, 11) is 0. The van der Waals surface area contributed by atoms with E-state index in [-0.39, 0.29) is 18.6 Å². The highest BCUT2D eigenvalue weighted by Gasteiger charge is 2.30. The number of hydrogen-bond donors (Lipinski definition) is 2. The number of piperidine rings is 1. The average molecular weight is 244 g/mol. The first kappa shape index (κ1) is 13.9. The van der Waals surface area contributed by atoms with Gasteiger partial charge >= 0.3 is 5.97 Å². The molecule has 0 aromatic carbocycles. The van der Waals surface area contributed by atoms with Crippen LogP contribution < -0.4 is 5.73 Å². The fourth-order valence-corrected chi connectivity index (χ4v) is 2.13. The number of nitrogens with two attached hydrogens (primary N) is 1. The van der Waals surface area contributed by atoms with Gasteiger partial charge in [-0.05, 0) is 19.8 Å². The minimum absolute atomic E-state index is 0.111. The smallest absolute Gasteiger partial charge is 0.307 e. The van der Waals surface area contributed by atoms with Crippen LogP contribution in [-0.2, 0) is 14.3 Å². The van der Waals surface area contributed by atoms with Crippen molar-refractivity contribution in [3.05, 3.63) is 0 Å². The maximum Gasteiger partial charge on any atom is 0.307 e. The molecule has 1 amide bonds. The van der Waals surface area contributed by atoms with Crippen molar-refractivity contribution < 1.29 is 19.4 Å². The van der Waals surface area contributed by atoms with Crippen LogP contribution in [-0.4, -0.2) is 47.8 Å². The number of carboxylic acids is 1. The summed E-state index contributed by atoms with van der Waals surface area (Å²) in [4.78, 5) is 23.8. The zero-order valence-electron chi connectivity index (χ0n) is 10.1. The van der Waals surface area contributed by atoms with Crippen LogP contribution in [0.25, 0.3) is 0 Å². The van der Waals surface area contributed by atoms with E-state index in [9.17, 15) is 9.59 Å². The molecule has 17 heavy (non-hydrogen) atoms. The monoisotopic (exact) mass is 244 g/mol. The Morgan fingerprint density at radius 2 is 2.29 bits per heavy atom. The fraction of sp³-hybridized carbons (Fsp3) is 0.818. The topological polar surface area (TPSA) is 92.9 Å². The molecule has 6 nitrogen and oxygen atoms in total. The number of aliphatic carboxylic acids is 1. The van der Waals surface area contributed by atoms with Gasteiger partial charge < -0.3 is 15.6 Å². The number of likely N-dealkylation sites (tertiary alicyclic amines) is 1. The lowest BCUT2D eigenvalue weighted by Crippen LogP contribution is -2.47. The predicted octanol–water partition coefficient (Wildman–Crippen LogP) is 0.0210. The SMILES string of the molecule is CCOC(CC(N)=O)N1CCCC(C(=O)O)C1. The maximum atomic E-state index is 10.9. The van der Waals surface area contributed by atoms with E-state index in [1.165, 1.54) is 0 Å². The number of carbonyl (C=O) groups excluding carboxylic acids is 1. The quantitative estimate of drug-likeness (QED) is 0.687. The highest BCUT2D eigenvalue weighted by atomic mass is 16.5. The molecular formula is C11H20N2O4. The van der Waals surface area contributed by atoms with E-state index in [1.54, 1.807) is 0 Å². The fourth-order valence-electron chi connectivity index (χ4n) is 2.13. The van der Waals surface area contributed by atoms with E-state index >= 15 is 0 Å². The van der Waals surface area contributed by atoms with E-state index in [0.29, 0.717) is 19.6 Å². The molecule has 98 valence electrons. The molecule has 3 N–H and O–H groups in total. The van der Waals surface area contributed by atoms with Gasteiger partial charge in [0.25, 0.3) is 0 Å². The molecule has 0 radical (unpaired) electrons. The number of carboxylic acid groups (broad SMARTS) is 1. The Balaban J connectivity index is 2.59. The summed E-state index contributed by atoms with van der Waals surface area (Å²) in [6.07, 6.45) is 1.21. The third-order valence-electron chi connectivity index (χ3n) is 2.94. The van der Waals surface area contributed by atoms with Crippen molar-refractivity contribution in [3.63, 3.8) is 0 Å². The Hall–Kier alpha value is -1.14. The summed E-state index contributed by atoms with van der Waals surface area (Å²) in [6, 6.07) is 0. The van der Waals surface area contributed by atoms with Gasteiger partial charge in [-0.15, -0.1) is 0 Å². The molecule has 1 heterocycles. The van der Waals surface area contributed by atoms with Crippen LogP contribution in [0.2, 0.25) is 0 Å². The Bertz CT molecular complexity index is 283. The highest BCUT2D eigenvalue weighted by Crippen LogP contribution is 2.20. The molecule has 1 aliphatic rings. The van der Waals surface area contributed by atoms with Crippen LogP contribution in [0.15, 0.2) is 0 Å². The first-order valence-corrected chi connectivity index (χ1v) is 5.91. The molecule has 0 bridgehead atoms. The van der Waals surface area contributed by atoms with Crippen LogP contribution in [0.5, 0.6) is 0 Å². The summed E-state index contributed by atoms with van der Waals surface area (Å²) in [5.74, 6) is -1.59. The van der Waals surface area contributed by atoms with Crippen LogP contribution in [0, 0.1) is 5.92 Å². The van der Waals surface area contributed by atoms with E-state index in [4.69, 9.17) is 15.6 Å². The van der Waals surface area contributed by atoms with Gasteiger partial charge in [-0.1, -0.05) is 0 Å². The number of nitrogens with zero attached hydrogens (tertiary/aromatic N) is 1. The predicted molar refractivity (Wildman–Crippen MR) is 61.2 cm³/mol. The molecule has 0 spiro atoms. The summed E-state index contributed by atoms with van der Waals surface area (Å²) in [5.41, 5.74) is 5.16. The minimum atomic E-state index is -0.788. The summed E-state index contributed by atoms with van der Waals surface area (Å²) in [6.45, 7) is 3.49. The molecule has 1 fully saturated rings. The molecule has 1 rings (SSSR count). The second-order valence-corrected chi connectivity index (χ2v) is 4.25. The molecule has 0 aromatic heterocycles. The molecule has 0 aliphatic carbocycles. The van der Waals surface area contributed by atoms with E-state index in [1.807, 2.05) is 11.8 Å². The second kappa shape index (κ2) is 6.56. The van der Waals surface area contributed by atoms with Gasteiger partial charge in [0.1, 0.15) is 6.23 Å². The summed E-state index contributed by atoms with van der Waals surface area (Å²) >= 11 is 0. The van der Waals surface area contributed by atoms with Gasteiger partial charge in [0.2, 0.25) is 5.91 Å². The molecule has 2 unspecified atom stereocenters. The average Bonchev–Trinajstić information content (AvgIpc) is 2.28. The lowest BCUT2D eigenvalue weighted by atomic mass is 9.98. The first-order valence-electron chi connectivity index (χ1n) is 5.91. The molecule has 1 aliphatic heterocycles. The van der Waals surface area contributed by atoms with Gasteiger partial charge in [0, 0.05) is 19.7 Å². The van der Waals surface area contributed by atoms with Crippen molar-refractivity contribution in [2.24, 2.45) is 11.7 Å². The highest BCUT2D eigenvalue weighted by molar-refractivity contribution is 5.74. The number of ether oxygens (including phenoxy) is 1. The van der Waals surface area contributed by atoms with Crippen LogP contribution in [0.3, 0.4) is 0 Å². The number of primary amides is 1. The van der Waals surface area contributed by atoms with Gasteiger partial charge in [-0.2, -0.15) is 0 Å². The van der Waals surface area contributed by atoms with Crippen molar-refractivity contribution in [1.82, 2.24) is 4.90 Å². The maximum absolute atomic E-state index is 10.9. The van der Waals surface area contributed by atoms with E-state index < -0.39 is 11.9 Å². The molecule has 0 saturated carbocycles. The van der Waals surface area contributed by atoms with Crippen molar-refractivity contribution in [2.45, 2.75) is 32.4 Å². The minimum Gasteiger partial charge on any atom is -0.481 e. The van der Waals surface area contributed by atoms with E-state index in [0.717, 1.165) is 13.0 Å². The van der Waals surface area contributed by atoms with Gasteiger partial charge in [0.15, 0.2) is 0 Å². The molecule has 1 saturated heterocycles. The lowest BCUT2D eigenvalue weighted by Gasteiger charge is -2.36. The Morgan fingerprint density at radius 1 is 1.59 bits per heavy atom. The van der Waals surface area contributed by atoms with Crippen molar-refractivity contribution in [3.8, 4) is 0 Å². The second-order valence-electron chi connectivity index (χ2n) is 4.25. The number of carbonyl (C=O) groups is 2. The van der Waals surface area contributed by atoms with E-state index in [2.05, 4.69) is 0 Å². The van der Waals surface area contributed by atoms with Gasteiger partial charge in [-0.25, -0.2) is 0 Å². The Morgan fingerprint density at radius 3 is 2.82 bits per heavy atom. The summed E-state index contributed by atoms with van der Waals surface area (Å²) < 4.78 is 5.45. The van der Waals surface area contributed by atoms with Crippen molar-refractivity contribution >= 4 is 11.9 Å². The largest absolute Gasteiger partial charge is 0.481 e. The van der Waals surface area contributed by atoms with Crippen molar-refractivity contribution in [2.75, 3.05) is 19.7 Å². The summed E-state index contributed by atoms with van der Waals surface area (Å²) in [5, 5.41) is 8.99. The molecular weight excluding hydrogens is 224 g/mol. The number of rotatable bonds is 6. The Labute approximate surface area is 101 Å². The lowest BCUT2D eigenvalue weighted by molar-refractivity contribution is -0.147. The standard InChI is InChI=1S/C11H20N2O4/c1-2-17-10(6-9(12)14)13-5-3-4-8(7-13)11(15)16/h8,10H,2-7H2,1H3,(H2,12,14)(H,15,16). The Kier molecular flexibility index (Phi) is 5.37. The third kappa shape index (κ3) is 4.32.